The SMILES string of the molecule is O=C(N[C@@H]1CCCC[C@H]1O)c1cc(F)cc(Br)c1. The molecule has 0 aromatic heterocycles. The van der Waals surface area contributed by atoms with Crippen molar-refractivity contribution < 1.29 is 14.3 Å². The Morgan fingerprint density at radius 2 is 2.06 bits per heavy atom. The molecule has 0 saturated heterocycles. The molecular weight excluding hydrogens is 301 g/mol. The van der Waals surface area contributed by atoms with Crippen molar-refractivity contribution in [3.05, 3.63) is 34.1 Å². The second-order valence-corrected chi connectivity index (χ2v) is 5.51. The Hall–Kier alpha value is -0.940. The van der Waals surface area contributed by atoms with Crippen LogP contribution < -0.4 is 5.32 Å². The lowest BCUT2D eigenvalue weighted by atomic mass is 9.92. The van der Waals surface area contributed by atoms with Gasteiger partial charge in [0.1, 0.15) is 5.82 Å². The minimum atomic E-state index is -0.500. The second kappa shape index (κ2) is 5.80. The largest absolute Gasteiger partial charge is 0.391 e. The Bertz CT molecular complexity index is 432. The summed E-state index contributed by atoms with van der Waals surface area (Å²) in [6, 6.07) is 3.82. The molecule has 1 saturated carbocycles. The zero-order valence-corrected chi connectivity index (χ0v) is 11.4. The van der Waals surface area contributed by atoms with E-state index in [9.17, 15) is 14.3 Å². The maximum atomic E-state index is 13.2. The van der Waals surface area contributed by atoms with Crippen molar-refractivity contribution >= 4 is 21.8 Å². The summed E-state index contributed by atoms with van der Waals surface area (Å²) in [6.45, 7) is 0. The lowest BCUT2D eigenvalue weighted by molar-refractivity contribution is 0.0717. The Morgan fingerprint density at radius 1 is 1.33 bits per heavy atom. The van der Waals surface area contributed by atoms with Crippen molar-refractivity contribution in [1.82, 2.24) is 5.32 Å². The molecule has 1 aromatic rings. The van der Waals surface area contributed by atoms with Crippen molar-refractivity contribution in [3.8, 4) is 0 Å². The highest BCUT2D eigenvalue weighted by Crippen LogP contribution is 2.20. The van der Waals surface area contributed by atoms with Crippen LogP contribution in [0.4, 0.5) is 4.39 Å². The van der Waals surface area contributed by atoms with E-state index < -0.39 is 11.9 Å². The van der Waals surface area contributed by atoms with E-state index in [0.717, 1.165) is 19.3 Å². The van der Waals surface area contributed by atoms with Gasteiger partial charge < -0.3 is 10.4 Å². The highest BCUT2D eigenvalue weighted by atomic mass is 79.9. The highest BCUT2D eigenvalue weighted by Gasteiger charge is 2.24. The standard InChI is InChI=1S/C13H15BrFNO2/c14-9-5-8(6-10(15)7-9)13(18)16-11-3-1-2-4-12(11)17/h5-7,11-12,17H,1-4H2,(H,16,18)/t11-,12-/m1/s1. The highest BCUT2D eigenvalue weighted by molar-refractivity contribution is 9.10. The van der Waals surface area contributed by atoms with Crippen LogP contribution in [0, 0.1) is 5.82 Å². The molecule has 0 bridgehead atoms. The molecule has 5 heteroatoms. The second-order valence-electron chi connectivity index (χ2n) is 4.59. The summed E-state index contributed by atoms with van der Waals surface area (Å²) in [5, 5.41) is 12.5. The molecule has 1 aliphatic rings. The average Bonchev–Trinajstić information content (AvgIpc) is 2.31. The van der Waals surface area contributed by atoms with E-state index in [1.165, 1.54) is 12.1 Å². The number of aliphatic hydroxyl groups is 1. The lowest BCUT2D eigenvalue weighted by Crippen LogP contribution is -2.45. The summed E-state index contributed by atoms with van der Waals surface area (Å²) in [4.78, 5) is 12.0. The molecule has 0 radical (unpaired) electrons. The molecule has 3 nitrogen and oxygen atoms in total. The minimum absolute atomic E-state index is 0.228. The monoisotopic (exact) mass is 315 g/mol. The molecule has 1 fully saturated rings. The fourth-order valence-electron chi connectivity index (χ4n) is 2.22. The van der Waals surface area contributed by atoms with E-state index in [2.05, 4.69) is 21.2 Å². The number of hydrogen-bond acceptors (Lipinski definition) is 2. The minimum Gasteiger partial charge on any atom is -0.391 e. The fraction of sp³-hybridized carbons (Fsp3) is 0.462. The van der Waals surface area contributed by atoms with Crippen LogP contribution in [0.2, 0.25) is 0 Å². The molecule has 1 amide bonds. The number of rotatable bonds is 2. The number of carbonyl (C=O) groups is 1. The Morgan fingerprint density at radius 3 is 2.72 bits per heavy atom. The topological polar surface area (TPSA) is 49.3 Å². The first-order chi connectivity index (χ1) is 8.56. The number of hydrogen-bond donors (Lipinski definition) is 2. The maximum Gasteiger partial charge on any atom is 0.251 e. The summed E-state index contributed by atoms with van der Waals surface area (Å²) in [7, 11) is 0. The van der Waals surface area contributed by atoms with Crippen LogP contribution in [0.1, 0.15) is 36.0 Å². The molecule has 98 valence electrons. The van der Waals surface area contributed by atoms with Crippen molar-refractivity contribution in [2.75, 3.05) is 0 Å². The zero-order valence-electron chi connectivity index (χ0n) is 9.83. The van der Waals surface area contributed by atoms with Crippen LogP contribution in [0.25, 0.3) is 0 Å². The normalized spacial score (nSPS) is 23.7. The first kappa shape index (κ1) is 13.5. The fourth-order valence-corrected chi connectivity index (χ4v) is 2.68. The first-order valence-electron chi connectivity index (χ1n) is 6.01. The third kappa shape index (κ3) is 3.29. The van der Waals surface area contributed by atoms with Gasteiger partial charge in [-0.3, -0.25) is 4.79 Å². The predicted molar refractivity (Wildman–Crippen MR) is 69.8 cm³/mol. The van der Waals surface area contributed by atoms with Gasteiger partial charge in [-0.1, -0.05) is 28.8 Å². The van der Waals surface area contributed by atoms with Gasteiger partial charge in [-0.2, -0.15) is 0 Å². The van der Waals surface area contributed by atoms with Crippen LogP contribution in [-0.2, 0) is 0 Å². The first-order valence-corrected chi connectivity index (χ1v) is 6.80. The lowest BCUT2D eigenvalue weighted by Gasteiger charge is -2.28. The molecule has 18 heavy (non-hydrogen) atoms. The van der Waals surface area contributed by atoms with Gasteiger partial charge in [0.15, 0.2) is 0 Å². The summed E-state index contributed by atoms with van der Waals surface area (Å²) >= 11 is 3.15. The predicted octanol–water partition coefficient (Wildman–Crippen LogP) is 2.62. The number of benzene rings is 1. The van der Waals surface area contributed by atoms with Crippen LogP contribution in [-0.4, -0.2) is 23.2 Å². The third-order valence-electron chi connectivity index (χ3n) is 3.17. The van der Waals surface area contributed by atoms with E-state index >= 15 is 0 Å². The summed E-state index contributed by atoms with van der Waals surface area (Å²) in [5.41, 5.74) is 0.264. The molecule has 0 spiro atoms. The van der Waals surface area contributed by atoms with Crippen LogP contribution in [0.15, 0.2) is 22.7 Å². The molecule has 1 aromatic carbocycles. The Labute approximate surface area is 114 Å². The van der Waals surface area contributed by atoms with Gasteiger partial charge in [0, 0.05) is 10.0 Å². The number of carbonyl (C=O) groups excluding carboxylic acids is 1. The van der Waals surface area contributed by atoms with Crippen molar-refractivity contribution in [2.24, 2.45) is 0 Å². The van der Waals surface area contributed by atoms with Gasteiger partial charge in [-0.25, -0.2) is 4.39 Å². The van der Waals surface area contributed by atoms with E-state index in [0.29, 0.717) is 10.9 Å². The number of aliphatic hydroxyl groups excluding tert-OH is 1. The Kier molecular flexibility index (Phi) is 4.35. The van der Waals surface area contributed by atoms with Gasteiger partial charge in [-0.15, -0.1) is 0 Å². The van der Waals surface area contributed by atoms with Gasteiger partial charge in [0.05, 0.1) is 12.1 Å². The quantitative estimate of drug-likeness (QED) is 0.881. The van der Waals surface area contributed by atoms with Crippen molar-refractivity contribution in [1.29, 1.82) is 0 Å². The molecular formula is C13H15BrFNO2. The van der Waals surface area contributed by atoms with Crippen molar-refractivity contribution in [2.45, 2.75) is 37.8 Å². The molecule has 1 aliphatic carbocycles. The van der Waals surface area contributed by atoms with E-state index in [1.54, 1.807) is 6.07 Å². The van der Waals surface area contributed by atoms with Crippen molar-refractivity contribution in [3.63, 3.8) is 0 Å². The molecule has 2 N–H and O–H groups in total. The zero-order chi connectivity index (χ0) is 13.1. The molecule has 0 heterocycles. The van der Waals surface area contributed by atoms with Crippen LogP contribution in [0.5, 0.6) is 0 Å². The van der Waals surface area contributed by atoms with Gasteiger partial charge in [0.25, 0.3) is 5.91 Å². The molecule has 2 rings (SSSR count). The van der Waals surface area contributed by atoms with Crippen LogP contribution in [0.3, 0.4) is 0 Å². The van der Waals surface area contributed by atoms with E-state index in [4.69, 9.17) is 0 Å². The Balaban J connectivity index is 2.06. The van der Waals surface area contributed by atoms with E-state index in [-0.39, 0.29) is 17.5 Å². The number of amides is 1. The smallest absolute Gasteiger partial charge is 0.251 e. The van der Waals surface area contributed by atoms with E-state index in [1.807, 2.05) is 0 Å². The summed E-state index contributed by atoms with van der Waals surface area (Å²) in [5.74, 6) is -0.806. The van der Waals surface area contributed by atoms with Gasteiger partial charge in [-0.05, 0) is 31.0 Å². The van der Waals surface area contributed by atoms with Gasteiger partial charge in [0.2, 0.25) is 0 Å². The van der Waals surface area contributed by atoms with Gasteiger partial charge >= 0.3 is 0 Å². The molecule has 2 atom stereocenters. The average molecular weight is 316 g/mol. The number of halogens is 2. The summed E-state index contributed by atoms with van der Waals surface area (Å²) in [6.07, 6.45) is 2.95. The van der Waals surface area contributed by atoms with Crippen LogP contribution >= 0.6 is 15.9 Å². The molecule has 0 aliphatic heterocycles. The third-order valence-corrected chi connectivity index (χ3v) is 3.63. The summed E-state index contributed by atoms with van der Waals surface area (Å²) < 4.78 is 13.7. The molecule has 0 unspecified atom stereocenters. The number of nitrogens with one attached hydrogen (secondary N) is 1. The maximum absolute atomic E-state index is 13.2.